The van der Waals surface area contributed by atoms with Crippen molar-refractivity contribution in [3.8, 4) is 0 Å². The van der Waals surface area contributed by atoms with Crippen LogP contribution < -0.4 is 0 Å². The third kappa shape index (κ3) is 27.4. The van der Waals surface area contributed by atoms with Crippen LogP contribution in [-0.4, -0.2) is 119 Å². The predicted octanol–water partition coefficient (Wildman–Crippen LogP) is 8.87. The van der Waals surface area contributed by atoms with Crippen LogP contribution >= 0.6 is 0 Å². The van der Waals surface area contributed by atoms with Crippen LogP contribution in [0.3, 0.4) is 0 Å². The molecule has 0 spiro atoms. The van der Waals surface area contributed by atoms with E-state index >= 15 is 0 Å². The molecule has 54 heavy (non-hydrogen) atoms. The van der Waals surface area contributed by atoms with Gasteiger partial charge in [0.15, 0.2) is 12.6 Å². The summed E-state index contributed by atoms with van der Waals surface area (Å²) in [6.07, 6.45) is 0.986. The van der Waals surface area contributed by atoms with Gasteiger partial charge < -0.3 is 63.0 Å². The molecule has 0 aromatic heterocycles. The maximum atomic E-state index is 8.68. The van der Waals surface area contributed by atoms with Crippen molar-refractivity contribution in [2.24, 2.45) is 0 Å². The van der Waals surface area contributed by atoms with Gasteiger partial charge in [-0.1, -0.05) is 133 Å². The number of nitrogens with zero attached hydrogens (tertiary/aromatic N) is 8. The number of benzene rings is 1. The first-order chi connectivity index (χ1) is 24.0. The van der Waals surface area contributed by atoms with E-state index in [1.54, 1.807) is 0 Å². The second kappa shape index (κ2) is 27.4. The second-order valence-electron chi connectivity index (χ2n) is 17.0. The third-order valence-corrected chi connectivity index (χ3v) is 9.03. The molecule has 4 atom stereocenters. The Labute approximate surface area is 350 Å². The maximum Gasteiger partial charge on any atom is 0.178 e. The Morgan fingerprint density at radius 2 is 0.593 bits per heavy atom. The van der Waals surface area contributed by atoms with Crippen molar-refractivity contribution >= 4 is 0 Å². The van der Waals surface area contributed by atoms with Crippen LogP contribution in [0.15, 0.2) is 24.3 Å². The molecule has 2 saturated heterocycles. The van der Waals surface area contributed by atoms with Crippen LogP contribution in [-0.2, 0) is 33.0 Å². The average molecular weight is 848 g/mol. The molecule has 2 heterocycles. The summed E-state index contributed by atoms with van der Waals surface area (Å²) in [7, 11) is 0. The minimum absolute atomic E-state index is 0. The van der Waals surface area contributed by atoms with Gasteiger partial charge in [0.1, 0.15) is 0 Å². The minimum atomic E-state index is -1.52. The maximum absolute atomic E-state index is 8.68. The smallest absolute Gasteiger partial charge is 0.178 e. The molecule has 326 valence electrons. The van der Waals surface area contributed by atoms with Crippen LogP contribution in [0.25, 0.3) is 42.5 Å². The summed E-state index contributed by atoms with van der Waals surface area (Å²) >= 11 is 0. The topological polar surface area (TPSA) is 194 Å². The minimum Gasteiger partial charge on any atom is -0.661 e. The van der Waals surface area contributed by atoms with E-state index in [0.29, 0.717) is 35.3 Å². The first-order valence-electron chi connectivity index (χ1n) is 19.2. The van der Waals surface area contributed by atoms with Gasteiger partial charge in [-0.25, -0.2) is 0 Å². The molecule has 2 aliphatic rings. The molecule has 4 N–H and O–H groups in total. The van der Waals surface area contributed by atoms with E-state index in [1.165, 1.54) is 24.3 Å². The number of aliphatic hydroxyl groups is 4. The SMILES string of the molecule is CC1CC(C)(C)[N-]CC[N-]C(C)CC(C)(C)[N-]CC[N-]1.CC1CC(C)(C)[N-]CC[N-]C(C)CC(C)(C)[N-]CC[N-]1.OC(O)c1ccc(C(O)O)cc1.[Ni].[Ni]. The molecule has 0 aliphatic carbocycles. The number of hydrogen-bond acceptors (Lipinski definition) is 4. The van der Waals surface area contributed by atoms with Crippen LogP contribution in [0.1, 0.15) is 132 Å². The Morgan fingerprint density at radius 1 is 0.407 bits per heavy atom. The van der Waals surface area contributed by atoms with E-state index < -0.39 is 12.6 Å². The van der Waals surface area contributed by atoms with E-state index in [2.05, 4.69) is 83.1 Å². The summed E-state index contributed by atoms with van der Waals surface area (Å²) in [6.45, 7) is 32.9. The average Bonchev–Trinajstić information content (AvgIpc) is 3.01. The molecular formula is C40H74N8Ni2O4-8. The molecule has 1 aromatic carbocycles. The summed E-state index contributed by atoms with van der Waals surface area (Å²) in [4.78, 5) is 0. The molecule has 2 fully saturated rings. The van der Waals surface area contributed by atoms with Crippen molar-refractivity contribution in [1.29, 1.82) is 0 Å². The fourth-order valence-electron chi connectivity index (χ4n) is 6.77. The number of rotatable bonds is 2. The van der Waals surface area contributed by atoms with Gasteiger partial charge in [0.05, 0.1) is 0 Å². The van der Waals surface area contributed by atoms with E-state index in [1.807, 2.05) is 0 Å². The van der Waals surface area contributed by atoms with Crippen LogP contribution in [0, 0.1) is 0 Å². The van der Waals surface area contributed by atoms with Crippen molar-refractivity contribution in [3.63, 3.8) is 0 Å². The van der Waals surface area contributed by atoms with Gasteiger partial charge in [-0.2, -0.15) is 52.4 Å². The zero-order valence-corrected chi connectivity index (χ0v) is 37.2. The fourth-order valence-corrected chi connectivity index (χ4v) is 6.77. The van der Waals surface area contributed by atoms with Gasteiger partial charge in [-0.3, -0.25) is 0 Å². The summed E-state index contributed by atoms with van der Waals surface area (Å²) < 4.78 is 0. The predicted molar refractivity (Wildman–Crippen MR) is 219 cm³/mol. The summed E-state index contributed by atoms with van der Waals surface area (Å²) in [5.41, 5.74) is 0.647. The Hall–Kier alpha value is -0.273. The molecule has 0 amide bonds. The molecular weight excluding hydrogens is 774 g/mol. The van der Waals surface area contributed by atoms with Gasteiger partial charge in [0, 0.05) is 44.1 Å². The normalized spacial score (nSPS) is 27.1. The van der Waals surface area contributed by atoms with Gasteiger partial charge in [-0.15, -0.1) is 46.3 Å². The Bertz CT molecular complexity index is 942. The first-order valence-corrected chi connectivity index (χ1v) is 19.2. The Kier molecular flexibility index (Phi) is 28.3. The largest absolute Gasteiger partial charge is 0.661 e. The van der Waals surface area contributed by atoms with Crippen molar-refractivity contribution < 1.29 is 53.4 Å². The van der Waals surface area contributed by atoms with E-state index in [-0.39, 0.29) is 55.1 Å². The molecule has 0 saturated carbocycles. The quantitative estimate of drug-likeness (QED) is 0.171. The van der Waals surface area contributed by atoms with Gasteiger partial charge in [0.25, 0.3) is 0 Å². The summed E-state index contributed by atoms with van der Waals surface area (Å²) in [6, 6.07) is 7.08. The Morgan fingerprint density at radius 3 is 0.759 bits per heavy atom. The van der Waals surface area contributed by atoms with E-state index in [4.69, 9.17) is 63.0 Å². The van der Waals surface area contributed by atoms with Crippen molar-refractivity contribution in [2.45, 2.75) is 168 Å². The summed E-state index contributed by atoms with van der Waals surface area (Å²) in [5.74, 6) is 0. The van der Waals surface area contributed by atoms with Crippen LogP contribution in [0.2, 0.25) is 0 Å². The van der Waals surface area contributed by atoms with Crippen LogP contribution in [0.4, 0.5) is 0 Å². The van der Waals surface area contributed by atoms with Gasteiger partial charge in [0.2, 0.25) is 0 Å². The van der Waals surface area contributed by atoms with Crippen molar-refractivity contribution in [3.05, 3.63) is 77.9 Å². The standard InChI is InChI=1S/2C16H32N4.C8H10O4.2Ni/c2*1-13-11-15(3,4)19-10-8-18-14(2)12-16(5,6)20-9-7-17-13;9-7(10)5-1-2-6(4-3-5)8(11)12;;/h2*13-14H,7-12H2,1-6H3;1-4,7-12H;;/q2*-4;;;. The fraction of sp³-hybridized carbons (Fsp3) is 0.850. The summed E-state index contributed by atoms with van der Waals surface area (Å²) in [5, 5.41) is 72.7. The number of aliphatic hydroxyl groups excluding tert-OH is 2. The number of hydrogen-bond donors (Lipinski definition) is 4. The Balaban J connectivity index is 0. The molecule has 4 unspecified atom stereocenters. The van der Waals surface area contributed by atoms with Gasteiger partial charge in [-0.05, 0) is 0 Å². The third-order valence-electron chi connectivity index (χ3n) is 9.03. The monoisotopic (exact) mass is 846 g/mol. The molecule has 12 nitrogen and oxygen atoms in total. The van der Waals surface area contributed by atoms with E-state index in [9.17, 15) is 0 Å². The molecule has 2 aliphatic heterocycles. The zero-order valence-electron chi connectivity index (χ0n) is 35.3. The molecule has 1 aromatic rings. The second-order valence-corrected chi connectivity index (χ2v) is 17.0. The zero-order chi connectivity index (χ0) is 39.6. The molecule has 3 rings (SSSR count). The van der Waals surface area contributed by atoms with E-state index in [0.717, 1.165) is 78.0 Å². The van der Waals surface area contributed by atoms with Crippen LogP contribution in [0.5, 0.6) is 0 Å². The molecule has 14 heteroatoms. The van der Waals surface area contributed by atoms with Gasteiger partial charge >= 0.3 is 0 Å². The van der Waals surface area contributed by atoms with Crippen molar-refractivity contribution in [1.82, 2.24) is 0 Å². The first kappa shape index (κ1) is 55.8. The molecule has 0 bridgehead atoms. The molecule has 0 radical (unpaired) electrons. The van der Waals surface area contributed by atoms with Crippen molar-refractivity contribution in [2.75, 3.05) is 52.4 Å².